The summed E-state index contributed by atoms with van der Waals surface area (Å²) < 4.78 is 29.8. The van der Waals surface area contributed by atoms with E-state index in [2.05, 4.69) is 10.0 Å². The van der Waals surface area contributed by atoms with Gasteiger partial charge in [-0.25, -0.2) is 13.2 Å². The maximum atomic E-state index is 11.7. The van der Waals surface area contributed by atoms with Crippen molar-refractivity contribution in [2.45, 2.75) is 32.5 Å². The van der Waals surface area contributed by atoms with Crippen LogP contribution in [0.5, 0.6) is 0 Å². The molecule has 8 heteroatoms. The SMILES string of the molecule is CN1C=C(NS(C)(=O)=O)C=CC1NC(=O)OC(C)(C)C. The molecule has 7 nitrogen and oxygen atoms in total. The molecule has 1 rings (SSSR count). The zero-order chi connectivity index (χ0) is 15.6. The molecule has 1 heterocycles. The van der Waals surface area contributed by atoms with Crippen molar-refractivity contribution in [2.24, 2.45) is 0 Å². The van der Waals surface area contributed by atoms with Crippen LogP contribution in [0.15, 0.2) is 24.0 Å². The standard InChI is InChI=1S/C12H21N3O4S/c1-12(2,3)19-11(16)13-10-7-6-9(8-15(10)4)14-20(5,17)18/h6-8,10,14H,1-5H3,(H,13,16). The molecule has 2 N–H and O–H groups in total. The third-order valence-corrected chi connectivity index (χ3v) is 2.81. The quantitative estimate of drug-likeness (QED) is 0.802. The number of rotatable bonds is 3. The molecule has 0 spiro atoms. The Morgan fingerprint density at radius 3 is 2.45 bits per heavy atom. The van der Waals surface area contributed by atoms with Gasteiger partial charge in [0.05, 0.1) is 12.0 Å². The first-order chi connectivity index (χ1) is 8.96. The van der Waals surface area contributed by atoms with E-state index >= 15 is 0 Å². The van der Waals surface area contributed by atoms with Gasteiger partial charge >= 0.3 is 6.09 Å². The number of hydrogen-bond donors (Lipinski definition) is 2. The molecular formula is C12H21N3O4S. The Hall–Kier alpha value is -1.70. The second-order valence-corrected chi connectivity index (χ2v) is 7.32. The van der Waals surface area contributed by atoms with Gasteiger partial charge in [0.1, 0.15) is 11.8 Å². The molecule has 0 bridgehead atoms. The lowest BCUT2D eigenvalue weighted by Gasteiger charge is -2.30. The van der Waals surface area contributed by atoms with Crippen LogP contribution in [0.1, 0.15) is 20.8 Å². The molecule has 0 fully saturated rings. The molecule has 1 atom stereocenters. The Labute approximate surface area is 119 Å². The van der Waals surface area contributed by atoms with Crippen LogP contribution in [0.4, 0.5) is 4.79 Å². The number of nitrogens with one attached hydrogen (secondary N) is 2. The molecular weight excluding hydrogens is 282 g/mol. The van der Waals surface area contributed by atoms with Crippen molar-refractivity contribution in [3.05, 3.63) is 24.0 Å². The highest BCUT2D eigenvalue weighted by Gasteiger charge is 2.21. The number of sulfonamides is 1. The Bertz CT molecular complexity index is 531. The van der Waals surface area contributed by atoms with Gasteiger partial charge in [-0.3, -0.25) is 10.0 Å². The smallest absolute Gasteiger partial charge is 0.409 e. The molecule has 0 saturated heterocycles. The molecule has 0 saturated carbocycles. The molecule has 0 aliphatic carbocycles. The van der Waals surface area contributed by atoms with Crippen LogP contribution in [0, 0.1) is 0 Å². The predicted molar refractivity (Wildman–Crippen MR) is 76.1 cm³/mol. The van der Waals surface area contributed by atoms with E-state index in [1.165, 1.54) is 0 Å². The Kier molecular flexibility index (Phi) is 4.69. The van der Waals surface area contributed by atoms with Gasteiger partial charge in [0.2, 0.25) is 10.0 Å². The molecule has 0 aromatic heterocycles. The van der Waals surface area contributed by atoms with Crippen LogP contribution < -0.4 is 10.0 Å². The normalized spacial score (nSPS) is 19.4. The van der Waals surface area contributed by atoms with Crippen molar-refractivity contribution in [3.63, 3.8) is 0 Å². The van der Waals surface area contributed by atoms with Crippen LogP contribution in [0.2, 0.25) is 0 Å². The van der Waals surface area contributed by atoms with Crippen LogP contribution in [-0.2, 0) is 14.8 Å². The van der Waals surface area contributed by atoms with Crippen molar-refractivity contribution in [1.82, 2.24) is 14.9 Å². The minimum absolute atomic E-state index is 0.394. The summed E-state index contributed by atoms with van der Waals surface area (Å²) >= 11 is 0. The lowest BCUT2D eigenvalue weighted by Crippen LogP contribution is -2.46. The minimum Gasteiger partial charge on any atom is -0.444 e. The average Bonchev–Trinajstić information content (AvgIpc) is 2.17. The molecule has 1 amide bonds. The van der Waals surface area contributed by atoms with Crippen molar-refractivity contribution in [3.8, 4) is 0 Å². The number of nitrogens with zero attached hydrogens (tertiary/aromatic N) is 1. The Morgan fingerprint density at radius 1 is 1.40 bits per heavy atom. The monoisotopic (exact) mass is 303 g/mol. The fourth-order valence-corrected chi connectivity index (χ4v) is 2.07. The number of carbonyl (C=O) groups is 1. The van der Waals surface area contributed by atoms with E-state index in [-0.39, 0.29) is 0 Å². The van der Waals surface area contributed by atoms with Crippen molar-refractivity contribution < 1.29 is 17.9 Å². The second-order valence-electron chi connectivity index (χ2n) is 5.57. The summed E-state index contributed by atoms with van der Waals surface area (Å²) in [7, 11) is -1.60. The van der Waals surface area contributed by atoms with Crippen LogP contribution >= 0.6 is 0 Å². The first-order valence-electron chi connectivity index (χ1n) is 6.05. The molecule has 114 valence electrons. The lowest BCUT2D eigenvalue weighted by molar-refractivity contribution is 0.0480. The third-order valence-electron chi connectivity index (χ3n) is 2.21. The highest BCUT2D eigenvalue weighted by Crippen LogP contribution is 2.11. The van der Waals surface area contributed by atoms with Gasteiger partial charge in [0, 0.05) is 13.2 Å². The van der Waals surface area contributed by atoms with Gasteiger partial charge in [0.15, 0.2) is 0 Å². The van der Waals surface area contributed by atoms with Gasteiger partial charge in [-0.2, -0.15) is 0 Å². The fourth-order valence-electron chi connectivity index (χ4n) is 1.53. The summed E-state index contributed by atoms with van der Waals surface area (Å²) in [5.74, 6) is 0. The Balaban J connectivity index is 2.62. The fraction of sp³-hybridized carbons (Fsp3) is 0.583. The topological polar surface area (TPSA) is 87.7 Å². The second kappa shape index (κ2) is 5.74. The largest absolute Gasteiger partial charge is 0.444 e. The maximum Gasteiger partial charge on any atom is 0.409 e. The van der Waals surface area contributed by atoms with E-state index < -0.39 is 27.9 Å². The van der Waals surface area contributed by atoms with E-state index in [4.69, 9.17) is 4.74 Å². The van der Waals surface area contributed by atoms with E-state index in [1.54, 1.807) is 51.1 Å². The number of ether oxygens (including phenoxy) is 1. The molecule has 0 aromatic rings. The number of allylic oxidation sites excluding steroid dienone is 1. The van der Waals surface area contributed by atoms with E-state index in [9.17, 15) is 13.2 Å². The summed E-state index contributed by atoms with van der Waals surface area (Å²) in [5, 5.41) is 2.66. The van der Waals surface area contributed by atoms with Gasteiger partial charge in [0.25, 0.3) is 0 Å². The molecule has 1 aliphatic rings. The van der Waals surface area contributed by atoms with E-state index in [0.717, 1.165) is 6.26 Å². The number of likely N-dealkylation sites (N-methyl/N-ethyl adjacent to an activating group) is 1. The summed E-state index contributed by atoms with van der Waals surface area (Å²) in [4.78, 5) is 13.3. The summed E-state index contributed by atoms with van der Waals surface area (Å²) in [5.41, 5.74) is -0.142. The first kappa shape index (κ1) is 16.4. The zero-order valence-corrected chi connectivity index (χ0v) is 13.1. The van der Waals surface area contributed by atoms with Crippen molar-refractivity contribution in [1.29, 1.82) is 0 Å². The maximum absolute atomic E-state index is 11.7. The van der Waals surface area contributed by atoms with Crippen LogP contribution in [0.3, 0.4) is 0 Å². The summed E-state index contributed by atoms with van der Waals surface area (Å²) in [6.07, 6.45) is 4.98. The molecule has 1 aliphatic heterocycles. The number of carbonyl (C=O) groups excluding carboxylic acids is 1. The zero-order valence-electron chi connectivity index (χ0n) is 12.3. The van der Waals surface area contributed by atoms with E-state index in [0.29, 0.717) is 5.70 Å². The third kappa shape index (κ3) is 5.96. The van der Waals surface area contributed by atoms with Gasteiger partial charge in [-0.1, -0.05) is 0 Å². The number of amides is 1. The minimum atomic E-state index is -3.32. The summed E-state index contributed by atoms with van der Waals surface area (Å²) in [6.45, 7) is 5.34. The van der Waals surface area contributed by atoms with Crippen molar-refractivity contribution in [2.75, 3.05) is 13.3 Å². The average molecular weight is 303 g/mol. The molecule has 1 unspecified atom stereocenters. The van der Waals surface area contributed by atoms with Crippen molar-refractivity contribution >= 4 is 16.1 Å². The highest BCUT2D eigenvalue weighted by molar-refractivity contribution is 7.88. The van der Waals surface area contributed by atoms with Gasteiger partial charge in [-0.05, 0) is 32.9 Å². The number of alkyl carbamates (subject to hydrolysis) is 1. The van der Waals surface area contributed by atoms with E-state index in [1.807, 2.05) is 0 Å². The predicted octanol–water partition coefficient (Wildman–Crippen LogP) is 0.729. The molecule has 20 heavy (non-hydrogen) atoms. The highest BCUT2D eigenvalue weighted by atomic mass is 32.2. The van der Waals surface area contributed by atoms with Crippen LogP contribution in [0.25, 0.3) is 0 Å². The lowest BCUT2D eigenvalue weighted by atomic mass is 10.2. The Morgan fingerprint density at radius 2 is 2.00 bits per heavy atom. The van der Waals surface area contributed by atoms with Gasteiger partial charge in [-0.15, -0.1) is 0 Å². The first-order valence-corrected chi connectivity index (χ1v) is 7.95. The van der Waals surface area contributed by atoms with Crippen LogP contribution in [-0.4, -0.2) is 44.5 Å². The van der Waals surface area contributed by atoms with Gasteiger partial charge < -0.3 is 9.64 Å². The summed E-state index contributed by atoms with van der Waals surface area (Å²) in [6, 6.07) is 0. The number of hydrogen-bond acceptors (Lipinski definition) is 5. The molecule has 0 radical (unpaired) electrons. The molecule has 0 aromatic carbocycles.